The highest BCUT2D eigenvalue weighted by molar-refractivity contribution is 9.10. The molecule has 1 aliphatic carbocycles. The van der Waals surface area contributed by atoms with Crippen molar-refractivity contribution in [2.75, 3.05) is 11.9 Å². The molecule has 1 aliphatic rings. The number of halogens is 1. The number of carbonyl (C=O) groups is 1. The van der Waals surface area contributed by atoms with E-state index in [9.17, 15) is 13.2 Å². The van der Waals surface area contributed by atoms with Crippen molar-refractivity contribution >= 4 is 54.9 Å². The van der Waals surface area contributed by atoms with Gasteiger partial charge in [-0.25, -0.2) is 13.1 Å². The molecule has 1 saturated carbocycles. The summed E-state index contributed by atoms with van der Waals surface area (Å²) in [5.74, 6) is 0.567. The molecule has 0 aromatic heterocycles. The van der Waals surface area contributed by atoms with Gasteiger partial charge in [0.1, 0.15) is 5.75 Å². The van der Waals surface area contributed by atoms with E-state index in [1.54, 1.807) is 24.3 Å². The van der Waals surface area contributed by atoms with Crippen LogP contribution in [0.2, 0.25) is 0 Å². The highest BCUT2D eigenvalue weighted by atomic mass is 79.9. The van der Waals surface area contributed by atoms with E-state index >= 15 is 0 Å². The molecule has 2 aromatic rings. The van der Waals surface area contributed by atoms with Crippen molar-refractivity contribution in [2.45, 2.75) is 63.3 Å². The molecule has 0 bridgehead atoms. The van der Waals surface area contributed by atoms with Crippen LogP contribution in [-0.2, 0) is 10.0 Å². The molecule has 0 radical (unpaired) electrons. The molecule has 0 spiro atoms. The molecule has 7 nitrogen and oxygen atoms in total. The predicted molar refractivity (Wildman–Crippen MR) is 146 cm³/mol. The standard InChI is InChI=1S/C25H32BrN3O4S2/c1-17(2)14-15-33-23-13-8-18(26)16-22(23)24(30)28-25(34)27-19-9-11-21(12-10-19)35(31,32)29-20-6-4-3-5-7-20/h8-13,16-17,20,29H,3-7,14-15H2,1-2H3,(H2,27,28,30,34). The Bertz CT molecular complexity index is 1130. The normalized spacial score (nSPS) is 14.5. The SMILES string of the molecule is CC(C)CCOc1ccc(Br)cc1C(=O)NC(=S)Nc1ccc(S(=O)(=O)NC2CCCCC2)cc1. The Morgan fingerprint density at radius 3 is 2.46 bits per heavy atom. The van der Waals surface area contributed by atoms with Crippen molar-refractivity contribution in [3.63, 3.8) is 0 Å². The second kappa shape index (κ2) is 12.8. The summed E-state index contributed by atoms with van der Waals surface area (Å²) in [5, 5.41) is 5.68. The number of ether oxygens (including phenoxy) is 1. The van der Waals surface area contributed by atoms with Crippen molar-refractivity contribution in [3.8, 4) is 5.75 Å². The maximum absolute atomic E-state index is 12.9. The van der Waals surface area contributed by atoms with Crippen LogP contribution in [0.15, 0.2) is 51.8 Å². The second-order valence-electron chi connectivity index (χ2n) is 9.06. The predicted octanol–water partition coefficient (Wildman–Crippen LogP) is 5.61. The van der Waals surface area contributed by atoms with E-state index in [0.29, 0.717) is 29.5 Å². The first-order valence-corrected chi connectivity index (χ1v) is 14.5. The highest BCUT2D eigenvalue weighted by Crippen LogP contribution is 2.24. The van der Waals surface area contributed by atoms with Gasteiger partial charge in [0.2, 0.25) is 10.0 Å². The first kappa shape index (κ1) is 27.6. The first-order valence-electron chi connectivity index (χ1n) is 11.8. The lowest BCUT2D eigenvalue weighted by Gasteiger charge is -2.22. The fraction of sp³-hybridized carbons (Fsp3) is 0.440. The van der Waals surface area contributed by atoms with Crippen LogP contribution >= 0.6 is 28.1 Å². The smallest absolute Gasteiger partial charge is 0.261 e. The van der Waals surface area contributed by atoms with Gasteiger partial charge in [-0.15, -0.1) is 0 Å². The lowest BCUT2D eigenvalue weighted by atomic mass is 9.96. The van der Waals surface area contributed by atoms with Gasteiger partial charge in [0, 0.05) is 16.2 Å². The molecular weight excluding hydrogens is 550 g/mol. The molecule has 0 atom stereocenters. The van der Waals surface area contributed by atoms with Crippen molar-refractivity contribution in [1.82, 2.24) is 10.0 Å². The molecule has 0 saturated heterocycles. The number of rotatable bonds is 9. The number of carbonyl (C=O) groups excluding carboxylic acids is 1. The second-order valence-corrected chi connectivity index (χ2v) is 12.1. The Hall–Kier alpha value is -2.01. The minimum atomic E-state index is -3.58. The zero-order valence-corrected chi connectivity index (χ0v) is 23.2. The largest absolute Gasteiger partial charge is 0.493 e. The molecule has 0 heterocycles. The first-order chi connectivity index (χ1) is 16.6. The molecule has 0 aliphatic heterocycles. The highest BCUT2D eigenvalue weighted by Gasteiger charge is 2.22. The molecule has 190 valence electrons. The Morgan fingerprint density at radius 2 is 1.80 bits per heavy atom. The number of hydrogen-bond acceptors (Lipinski definition) is 5. The van der Waals surface area contributed by atoms with Gasteiger partial charge in [0.15, 0.2) is 5.11 Å². The van der Waals surface area contributed by atoms with Gasteiger partial charge in [-0.2, -0.15) is 0 Å². The maximum Gasteiger partial charge on any atom is 0.261 e. The minimum Gasteiger partial charge on any atom is -0.493 e. The molecule has 35 heavy (non-hydrogen) atoms. The minimum absolute atomic E-state index is 0.00777. The van der Waals surface area contributed by atoms with Crippen LogP contribution in [0.4, 0.5) is 5.69 Å². The number of nitrogens with one attached hydrogen (secondary N) is 3. The number of benzene rings is 2. The van der Waals surface area contributed by atoms with E-state index in [1.807, 2.05) is 6.07 Å². The van der Waals surface area contributed by atoms with E-state index in [2.05, 4.69) is 45.1 Å². The Kier molecular flexibility index (Phi) is 10.1. The summed E-state index contributed by atoms with van der Waals surface area (Å²) in [6.45, 7) is 4.73. The molecule has 0 unspecified atom stereocenters. The zero-order chi connectivity index (χ0) is 25.4. The van der Waals surface area contributed by atoms with Crippen LogP contribution in [0.3, 0.4) is 0 Å². The lowest BCUT2D eigenvalue weighted by Crippen LogP contribution is -2.36. The van der Waals surface area contributed by atoms with Gasteiger partial charge in [-0.1, -0.05) is 49.0 Å². The Labute approximate surface area is 221 Å². The van der Waals surface area contributed by atoms with Crippen molar-refractivity contribution in [2.24, 2.45) is 5.92 Å². The monoisotopic (exact) mass is 581 g/mol. The average molecular weight is 583 g/mol. The van der Waals surface area contributed by atoms with E-state index in [4.69, 9.17) is 17.0 Å². The Morgan fingerprint density at radius 1 is 1.11 bits per heavy atom. The maximum atomic E-state index is 12.9. The topological polar surface area (TPSA) is 96.5 Å². The third-order valence-electron chi connectivity index (χ3n) is 5.72. The molecule has 10 heteroatoms. The van der Waals surface area contributed by atoms with Crippen LogP contribution in [0.5, 0.6) is 5.75 Å². The van der Waals surface area contributed by atoms with E-state index < -0.39 is 15.9 Å². The quantitative estimate of drug-likeness (QED) is 0.333. The fourth-order valence-corrected chi connectivity index (χ4v) is 5.64. The lowest BCUT2D eigenvalue weighted by molar-refractivity contribution is 0.0973. The Balaban J connectivity index is 1.59. The number of thiocarbonyl (C=S) groups is 1. The third-order valence-corrected chi connectivity index (χ3v) is 7.95. The fourth-order valence-electron chi connectivity index (χ4n) is 3.77. The van der Waals surface area contributed by atoms with Gasteiger partial charge in [-0.3, -0.25) is 10.1 Å². The van der Waals surface area contributed by atoms with Crippen molar-refractivity contribution in [3.05, 3.63) is 52.5 Å². The van der Waals surface area contributed by atoms with E-state index in [-0.39, 0.29) is 16.0 Å². The van der Waals surface area contributed by atoms with Crippen LogP contribution < -0.4 is 20.1 Å². The van der Waals surface area contributed by atoms with Gasteiger partial charge in [0.05, 0.1) is 17.1 Å². The van der Waals surface area contributed by atoms with Crippen LogP contribution in [0.1, 0.15) is 62.7 Å². The van der Waals surface area contributed by atoms with Gasteiger partial charge >= 0.3 is 0 Å². The van der Waals surface area contributed by atoms with Gasteiger partial charge in [-0.05, 0) is 79.9 Å². The van der Waals surface area contributed by atoms with Gasteiger partial charge in [0.25, 0.3) is 5.91 Å². The van der Waals surface area contributed by atoms with E-state index in [1.165, 1.54) is 12.1 Å². The third kappa shape index (κ3) is 8.56. The summed E-state index contributed by atoms with van der Waals surface area (Å²) in [5.41, 5.74) is 0.928. The van der Waals surface area contributed by atoms with Crippen molar-refractivity contribution in [1.29, 1.82) is 0 Å². The molecule has 1 fully saturated rings. The molecular formula is C25H32BrN3O4S2. The summed E-state index contributed by atoms with van der Waals surface area (Å²) in [4.78, 5) is 13.1. The summed E-state index contributed by atoms with van der Waals surface area (Å²) < 4.78 is 34.7. The number of anilines is 1. The number of hydrogen-bond donors (Lipinski definition) is 3. The average Bonchev–Trinajstić information content (AvgIpc) is 2.80. The molecule has 3 rings (SSSR count). The van der Waals surface area contributed by atoms with E-state index in [0.717, 1.165) is 43.0 Å². The van der Waals surface area contributed by atoms with Crippen LogP contribution in [0.25, 0.3) is 0 Å². The summed E-state index contributed by atoms with van der Waals surface area (Å²) in [7, 11) is -3.58. The zero-order valence-electron chi connectivity index (χ0n) is 20.0. The summed E-state index contributed by atoms with van der Waals surface area (Å²) in [6, 6.07) is 11.5. The number of sulfonamides is 1. The summed E-state index contributed by atoms with van der Waals surface area (Å²) >= 11 is 8.69. The van der Waals surface area contributed by atoms with Crippen LogP contribution in [0, 0.1) is 5.92 Å². The summed E-state index contributed by atoms with van der Waals surface area (Å²) in [6.07, 6.45) is 5.86. The van der Waals surface area contributed by atoms with Crippen LogP contribution in [-0.4, -0.2) is 32.1 Å². The molecule has 1 amide bonds. The number of amides is 1. The molecule has 2 aromatic carbocycles. The van der Waals surface area contributed by atoms with Gasteiger partial charge < -0.3 is 10.1 Å². The molecule has 3 N–H and O–H groups in total. The van der Waals surface area contributed by atoms with Crippen molar-refractivity contribution < 1.29 is 17.9 Å².